The highest BCUT2D eigenvalue weighted by Gasteiger charge is 2.24. The van der Waals surface area contributed by atoms with Gasteiger partial charge < -0.3 is 25.6 Å². The first-order valence-electron chi connectivity index (χ1n) is 14.0. The van der Waals surface area contributed by atoms with E-state index in [0.717, 1.165) is 62.1 Å². The number of benzene rings is 1. The Morgan fingerprint density at radius 2 is 1.90 bits per heavy atom. The lowest BCUT2D eigenvalue weighted by molar-refractivity contribution is -0.122. The zero-order valence-corrected chi connectivity index (χ0v) is 25.1. The van der Waals surface area contributed by atoms with Crippen molar-refractivity contribution in [2.24, 2.45) is 11.6 Å². The van der Waals surface area contributed by atoms with Crippen molar-refractivity contribution in [3.63, 3.8) is 0 Å². The van der Waals surface area contributed by atoms with E-state index in [-0.39, 0.29) is 6.04 Å². The molecular weight excluding hydrogens is 490 g/mol. The van der Waals surface area contributed by atoms with E-state index in [1.54, 1.807) is 18.3 Å². The summed E-state index contributed by atoms with van der Waals surface area (Å²) in [5.41, 5.74) is 11.2. The summed E-state index contributed by atoms with van der Waals surface area (Å²) in [6.07, 6.45) is 11.2. The van der Waals surface area contributed by atoms with Gasteiger partial charge in [-0.15, -0.1) is 0 Å². The molecule has 8 nitrogen and oxygen atoms in total. The third kappa shape index (κ3) is 11.0. The highest BCUT2D eigenvalue weighted by Crippen LogP contribution is 2.28. The van der Waals surface area contributed by atoms with Gasteiger partial charge in [-0.05, 0) is 57.4 Å². The number of Topliss-reactive ketones (excluding diaryl/α,β-unsaturated/α-hetero) is 1. The molecule has 3 rings (SSSR count). The van der Waals surface area contributed by atoms with Crippen molar-refractivity contribution in [2.75, 3.05) is 33.8 Å². The van der Waals surface area contributed by atoms with Crippen LogP contribution in [-0.2, 0) is 16.0 Å². The number of hydrogen-bond donors (Lipinski definition) is 3. The number of allylic oxidation sites excluding steroid dienone is 2. The molecule has 0 spiro atoms. The number of aryl methyl sites for hydroxylation is 1. The van der Waals surface area contributed by atoms with Crippen molar-refractivity contribution < 1.29 is 14.3 Å². The van der Waals surface area contributed by atoms with Gasteiger partial charge in [0.1, 0.15) is 12.0 Å². The van der Waals surface area contributed by atoms with Crippen LogP contribution in [0.5, 0.6) is 5.75 Å². The number of likely N-dealkylation sites (N-methyl/N-ethyl adjacent to an activating group) is 1. The van der Waals surface area contributed by atoms with Gasteiger partial charge in [-0.3, -0.25) is 9.69 Å². The number of nitrogens with one attached hydrogen (secondary N) is 1. The highest BCUT2D eigenvalue weighted by molar-refractivity contribution is 5.87. The summed E-state index contributed by atoms with van der Waals surface area (Å²) >= 11 is 0. The van der Waals surface area contributed by atoms with Crippen LogP contribution in [0.1, 0.15) is 71.4 Å². The summed E-state index contributed by atoms with van der Waals surface area (Å²) in [5.74, 6) is 7.15. The molecular formula is C31H51N5O3. The van der Waals surface area contributed by atoms with Crippen molar-refractivity contribution >= 4 is 17.8 Å². The van der Waals surface area contributed by atoms with Crippen LogP contribution in [0.4, 0.5) is 0 Å². The normalized spacial score (nSPS) is 17.6. The number of hydrogen-bond acceptors (Lipinski definition) is 8. The van der Waals surface area contributed by atoms with E-state index in [1.807, 2.05) is 32.2 Å². The van der Waals surface area contributed by atoms with Crippen LogP contribution in [0, 0.1) is 0 Å². The van der Waals surface area contributed by atoms with Crippen LogP contribution >= 0.6 is 0 Å². The van der Waals surface area contributed by atoms with Gasteiger partial charge in [-0.2, -0.15) is 0 Å². The Kier molecular flexibility index (Phi) is 16.1. The molecule has 1 atom stereocenters. The first-order valence-corrected chi connectivity index (χ1v) is 14.0. The van der Waals surface area contributed by atoms with E-state index in [9.17, 15) is 9.59 Å². The zero-order chi connectivity index (χ0) is 29.4. The van der Waals surface area contributed by atoms with Crippen LogP contribution in [0.2, 0.25) is 0 Å². The number of unbranched alkanes of at least 4 members (excludes halogenated alkanes) is 1. The molecule has 5 N–H and O–H groups in total. The Balaban J connectivity index is 0.000000340. The van der Waals surface area contributed by atoms with Gasteiger partial charge in [0.2, 0.25) is 0 Å². The number of ether oxygens (including phenoxy) is 1. The predicted molar refractivity (Wildman–Crippen MR) is 162 cm³/mol. The van der Waals surface area contributed by atoms with E-state index in [4.69, 9.17) is 16.3 Å². The Labute approximate surface area is 236 Å². The van der Waals surface area contributed by atoms with E-state index < -0.39 is 0 Å². The molecule has 2 heterocycles. The van der Waals surface area contributed by atoms with E-state index >= 15 is 0 Å². The lowest BCUT2D eigenvalue weighted by Gasteiger charge is -2.34. The van der Waals surface area contributed by atoms with Crippen LogP contribution in [-0.4, -0.2) is 67.9 Å². The van der Waals surface area contributed by atoms with E-state index in [0.29, 0.717) is 30.4 Å². The first-order chi connectivity index (χ1) is 18.6. The molecule has 1 unspecified atom stereocenters. The number of hydrazine groups is 1. The van der Waals surface area contributed by atoms with Crippen molar-refractivity contribution in [2.45, 2.75) is 78.8 Å². The second kappa shape index (κ2) is 18.4. The smallest absolute Gasteiger partial charge is 0.154 e. The third-order valence-corrected chi connectivity index (χ3v) is 6.70. The summed E-state index contributed by atoms with van der Waals surface area (Å²) < 4.78 is 5.48. The molecule has 1 saturated heterocycles. The molecule has 1 aromatic carbocycles. The number of carbonyl (C=O) groups is 2. The molecule has 8 heteroatoms. The van der Waals surface area contributed by atoms with Crippen LogP contribution in [0.3, 0.4) is 0 Å². The lowest BCUT2D eigenvalue weighted by atomic mass is 9.99. The maximum atomic E-state index is 12.0. The minimum absolute atomic E-state index is 0.0151. The molecule has 0 radical (unpaired) electrons. The van der Waals surface area contributed by atoms with Crippen molar-refractivity contribution in [3.05, 3.63) is 58.8 Å². The molecule has 218 valence electrons. The molecule has 0 aromatic heterocycles. The number of para-hydroxylation sites is 1. The SMILES string of the molecule is CCCC(=O)C1C(C)=CC(C)=CCN1C.CCCC=O.CCc1cccc(/C(N)=C/N(N)C2CNC2)c1OC. The Morgan fingerprint density at radius 1 is 1.21 bits per heavy atom. The van der Waals surface area contributed by atoms with Crippen molar-refractivity contribution in [3.8, 4) is 5.75 Å². The fraction of sp³-hybridized carbons (Fsp3) is 0.548. The van der Waals surface area contributed by atoms with Gasteiger partial charge in [0.15, 0.2) is 5.78 Å². The number of nitrogens with two attached hydrogens (primary N) is 2. The first kappa shape index (κ1) is 34.1. The Hall–Kier alpha value is -2.94. The molecule has 39 heavy (non-hydrogen) atoms. The van der Waals surface area contributed by atoms with Gasteiger partial charge >= 0.3 is 0 Å². The van der Waals surface area contributed by atoms with Crippen molar-refractivity contribution in [1.29, 1.82) is 0 Å². The maximum absolute atomic E-state index is 12.0. The maximum Gasteiger partial charge on any atom is 0.154 e. The highest BCUT2D eigenvalue weighted by atomic mass is 16.5. The summed E-state index contributed by atoms with van der Waals surface area (Å²) in [6, 6.07) is 6.29. The van der Waals surface area contributed by atoms with E-state index in [1.165, 1.54) is 11.1 Å². The summed E-state index contributed by atoms with van der Waals surface area (Å²) in [6.45, 7) is 12.9. The zero-order valence-electron chi connectivity index (χ0n) is 25.1. The second-order valence-corrected chi connectivity index (χ2v) is 10.0. The molecule has 0 aliphatic carbocycles. The Morgan fingerprint density at radius 3 is 2.38 bits per heavy atom. The molecule has 1 fully saturated rings. The number of nitrogens with zero attached hydrogens (tertiary/aromatic N) is 2. The minimum Gasteiger partial charge on any atom is -0.496 e. The van der Waals surface area contributed by atoms with Gasteiger partial charge in [0.25, 0.3) is 0 Å². The average Bonchev–Trinajstić information content (AvgIpc) is 3.00. The number of aldehydes is 1. The van der Waals surface area contributed by atoms with Crippen LogP contribution in [0.25, 0.3) is 5.70 Å². The summed E-state index contributed by atoms with van der Waals surface area (Å²) in [7, 11) is 3.69. The van der Waals surface area contributed by atoms with Crippen molar-refractivity contribution in [1.82, 2.24) is 15.2 Å². The van der Waals surface area contributed by atoms with E-state index in [2.05, 4.69) is 50.1 Å². The fourth-order valence-electron chi connectivity index (χ4n) is 4.39. The predicted octanol–water partition coefficient (Wildman–Crippen LogP) is 4.21. The summed E-state index contributed by atoms with van der Waals surface area (Å²) in [4.78, 5) is 23.5. The number of methoxy groups -OCH3 is 1. The molecule has 0 amide bonds. The van der Waals surface area contributed by atoms with Crippen LogP contribution in [0.15, 0.2) is 47.7 Å². The van der Waals surface area contributed by atoms with Crippen LogP contribution < -0.4 is 21.6 Å². The van der Waals surface area contributed by atoms with Gasteiger partial charge in [0, 0.05) is 44.2 Å². The minimum atomic E-state index is -0.0151. The molecule has 0 saturated carbocycles. The molecule has 0 bridgehead atoms. The largest absolute Gasteiger partial charge is 0.496 e. The molecule has 1 aromatic rings. The Bertz CT molecular complexity index is 998. The quantitative estimate of drug-likeness (QED) is 0.229. The second-order valence-electron chi connectivity index (χ2n) is 10.0. The lowest BCUT2D eigenvalue weighted by Crippen LogP contribution is -2.57. The summed E-state index contributed by atoms with van der Waals surface area (Å²) in [5, 5.41) is 4.85. The topological polar surface area (TPSA) is 114 Å². The third-order valence-electron chi connectivity index (χ3n) is 6.70. The van der Waals surface area contributed by atoms with Gasteiger partial charge in [-0.1, -0.05) is 50.6 Å². The molecule has 2 aliphatic heterocycles. The number of carbonyl (C=O) groups excluding carboxylic acids is 2. The van der Waals surface area contributed by atoms with Gasteiger partial charge in [0.05, 0.1) is 24.9 Å². The number of rotatable bonds is 10. The standard InChI is InChI=1S/C14H22N4O.C13H21NO.C4H8O/c1-3-10-5-4-6-12(14(10)19-2)13(15)9-18(16)11-7-17-8-11;1-5-6-12(15)13-11(3)9-10(2)7-8-14(13)4;1-2-3-4-5/h4-6,9,11,17H,3,7-8,15-16H2,1-2H3;7,9,13H,5-6,8H2,1-4H3;4H,2-3H2,1H3/b13-9-;;. The fourth-order valence-corrected chi connectivity index (χ4v) is 4.39. The van der Waals surface area contributed by atoms with Gasteiger partial charge in [-0.25, -0.2) is 5.84 Å². The number of ketones is 1. The monoisotopic (exact) mass is 541 g/mol. The molecule has 2 aliphatic rings. The average molecular weight is 542 g/mol.